The van der Waals surface area contributed by atoms with Crippen LogP contribution in [-0.2, 0) is 9.13 Å². The van der Waals surface area contributed by atoms with Crippen molar-refractivity contribution in [3.63, 3.8) is 0 Å². The van der Waals surface area contributed by atoms with E-state index in [1.807, 2.05) is 0 Å². The first-order valence-electron chi connectivity index (χ1n) is 8.39. The number of nitrogens with zero attached hydrogens (tertiary/aromatic N) is 2. The molecule has 4 N–H and O–H groups in total. The van der Waals surface area contributed by atoms with Crippen molar-refractivity contribution in [3.8, 4) is 11.6 Å². The molecule has 0 amide bonds. The first-order chi connectivity index (χ1) is 11.8. The summed E-state index contributed by atoms with van der Waals surface area (Å²) in [5.41, 5.74) is 0. The number of hydrogen-bond donors (Lipinski definition) is 4. The molecule has 0 aliphatic rings. The Morgan fingerprint density at radius 1 is 0.731 bits per heavy atom. The number of hydrogen-bond acceptors (Lipinski definition) is 6. The van der Waals surface area contributed by atoms with Crippen LogP contribution in [0.15, 0.2) is 0 Å². The lowest BCUT2D eigenvalue weighted by Gasteiger charge is -2.17. The molecule has 10 nitrogen and oxygen atoms in total. The van der Waals surface area contributed by atoms with Crippen LogP contribution in [-0.4, -0.2) is 49.1 Å². The van der Waals surface area contributed by atoms with Crippen molar-refractivity contribution >= 4 is 15.2 Å². The molecule has 0 aromatic heterocycles. The summed E-state index contributed by atoms with van der Waals surface area (Å²) in [6, 6.07) is 0. The molecule has 0 spiro atoms. The van der Waals surface area contributed by atoms with E-state index in [9.17, 15) is 4.57 Å². The topological polar surface area (TPSA) is 177 Å². The molecule has 156 valence electrons. The van der Waals surface area contributed by atoms with Gasteiger partial charge in [0.1, 0.15) is 0 Å². The number of rotatable bonds is 6. The van der Waals surface area contributed by atoms with Crippen LogP contribution in [0.5, 0.6) is 0 Å². The Bertz CT molecular complexity index is 418. The fourth-order valence-electron chi connectivity index (χ4n) is 1.50. The normalized spacial score (nSPS) is 10.2. The van der Waals surface area contributed by atoms with E-state index in [1.54, 1.807) is 9.80 Å². The van der Waals surface area contributed by atoms with Crippen LogP contribution in [0.3, 0.4) is 0 Å². The van der Waals surface area contributed by atoms with Crippen molar-refractivity contribution in [2.75, 3.05) is 39.3 Å². The molecule has 0 saturated carbocycles. The first kappa shape index (κ1) is 32.8. The first-order valence-corrected chi connectivity index (χ1v) is 11.5. The summed E-state index contributed by atoms with van der Waals surface area (Å²) >= 11 is 0. The summed E-state index contributed by atoms with van der Waals surface area (Å²) < 4.78 is 18.4. The molecule has 0 radical (unpaired) electrons. The highest BCUT2D eigenvalue weighted by Gasteiger charge is 2.06. The fraction of sp³-hybridized carbons (Fsp3) is 0.857. The van der Waals surface area contributed by atoms with Gasteiger partial charge in [-0.05, 0) is 41.5 Å². The lowest BCUT2D eigenvalue weighted by atomic mass is 10.5. The van der Waals surface area contributed by atoms with E-state index in [0.717, 1.165) is 5.81 Å². The van der Waals surface area contributed by atoms with Gasteiger partial charge in [0.15, 0.2) is 5.81 Å². The Labute approximate surface area is 157 Å². The van der Waals surface area contributed by atoms with Crippen LogP contribution < -0.4 is 19.6 Å². The Hall–Kier alpha value is -0.800. The molecule has 0 aromatic carbocycles. The molecule has 0 bridgehead atoms. The molecule has 0 fully saturated rings. The Morgan fingerprint density at radius 2 is 0.885 bits per heavy atom. The minimum atomic E-state index is -4.84. The van der Waals surface area contributed by atoms with E-state index in [4.69, 9.17) is 34.7 Å². The Kier molecular flexibility index (Phi) is 25.9. The van der Waals surface area contributed by atoms with Crippen molar-refractivity contribution in [2.24, 2.45) is 0 Å². The van der Waals surface area contributed by atoms with Crippen molar-refractivity contribution in [1.29, 1.82) is 10.5 Å². The van der Waals surface area contributed by atoms with E-state index in [2.05, 4.69) is 41.5 Å². The van der Waals surface area contributed by atoms with Gasteiger partial charge in [-0.3, -0.25) is 0 Å². The predicted octanol–water partition coefficient (Wildman–Crippen LogP) is -2.11. The maximum absolute atomic E-state index is 9.33. The molecule has 0 atom stereocenters. The summed E-state index contributed by atoms with van der Waals surface area (Å²) in [5, 5.41) is 14.7. The van der Waals surface area contributed by atoms with Crippen molar-refractivity contribution < 1.29 is 38.5 Å². The zero-order valence-electron chi connectivity index (χ0n) is 16.6. The van der Waals surface area contributed by atoms with Gasteiger partial charge >= 0.3 is 7.60 Å². The number of quaternary nitrogens is 2. The zero-order valence-corrected chi connectivity index (χ0v) is 18.3. The molecular weight excluding hydrogens is 382 g/mol. The lowest BCUT2D eigenvalue weighted by molar-refractivity contribution is -0.894. The second-order valence-electron chi connectivity index (χ2n) is 4.86. The van der Waals surface area contributed by atoms with Crippen molar-refractivity contribution in [3.05, 3.63) is 0 Å². The summed E-state index contributed by atoms with van der Waals surface area (Å²) in [6.45, 7) is 21.0. The highest BCUT2D eigenvalue weighted by Crippen LogP contribution is 2.30. The van der Waals surface area contributed by atoms with E-state index in [1.165, 1.54) is 39.3 Å². The molecule has 0 unspecified atom stereocenters. The number of nitriles is 2. The molecule has 0 heterocycles. The molecule has 12 heteroatoms. The SMILES string of the molecule is CC[NH+](CC)CC.CC[NH+](CC)CC.N#CP(=O)(O)O.N#CP(=O)([O-])[O-]. The predicted molar refractivity (Wildman–Crippen MR) is 96.0 cm³/mol. The van der Waals surface area contributed by atoms with Gasteiger partial charge in [-0.15, -0.1) is 0 Å². The van der Waals surface area contributed by atoms with Crippen LogP contribution in [0, 0.1) is 22.1 Å². The molecule has 0 saturated heterocycles. The summed E-state index contributed by atoms with van der Waals surface area (Å²) in [7, 11) is -9.18. The van der Waals surface area contributed by atoms with Gasteiger partial charge in [-0.1, -0.05) is 0 Å². The van der Waals surface area contributed by atoms with Crippen molar-refractivity contribution in [1.82, 2.24) is 0 Å². The van der Waals surface area contributed by atoms with Gasteiger partial charge < -0.3 is 33.9 Å². The van der Waals surface area contributed by atoms with Gasteiger partial charge in [-0.25, -0.2) is 4.57 Å². The van der Waals surface area contributed by atoms with Crippen LogP contribution in [0.2, 0.25) is 0 Å². The maximum atomic E-state index is 9.33. The quantitative estimate of drug-likeness (QED) is 0.355. The average Bonchev–Trinajstić information content (AvgIpc) is 2.58. The van der Waals surface area contributed by atoms with Gasteiger partial charge in [0.2, 0.25) is 0 Å². The second kappa shape index (κ2) is 20.5. The smallest absolute Gasteiger partial charge is 0.426 e. The maximum Gasteiger partial charge on any atom is 0.426 e. The molecule has 0 rings (SSSR count). The molecular formula is C14H34N4O6P2. The monoisotopic (exact) mass is 416 g/mol. The standard InChI is InChI=1S/2C6H15N.2CH2NO3P/c2*1-4-7(5-2)6-3;2*2-1-6(3,4)5/h2*4-6H2,1-3H3;2*(H2,3,4,5). The van der Waals surface area contributed by atoms with E-state index < -0.39 is 15.2 Å². The van der Waals surface area contributed by atoms with Crippen LogP contribution in [0.25, 0.3) is 0 Å². The molecule has 0 aliphatic heterocycles. The van der Waals surface area contributed by atoms with Gasteiger partial charge in [0.05, 0.1) is 45.1 Å². The highest BCUT2D eigenvalue weighted by molar-refractivity contribution is 7.57. The average molecular weight is 416 g/mol. The fourth-order valence-corrected chi connectivity index (χ4v) is 1.50. The van der Waals surface area contributed by atoms with Gasteiger partial charge in [0.25, 0.3) is 0 Å². The van der Waals surface area contributed by atoms with Crippen LogP contribution in [0.1, 0.15) is 41.5 Å². The summed E-state index contributed by atoms with van der Waals surface area (Å²) in [6.07, 6.45) is 0. The van der Waals surface area contributed by atoms with Crippen LogP contribution in [0.4, 0.5) is 0 Å². The summed E-state index contributed by atoms with van der Waals surface area (Å²) in [5.74, 6) is 1.32. The van der Waals surface area contributed by atoms with E-state index in [-0.39, 0.29) is 0 Å². The van der Waals surface area contributed by atoms with Gasteiger partial charge in [-0.2, -0.15) is 10.5 Å². The largest absolute Gasteiger partial charge is 0.800 e. The minimum absolute atomic E-state index is 0.549. The third-order valence-electron chi connectivity index (χ3n) is 3.25. The van der Waals surface area contributed by atoms with Crippen molar-refractivity contribution in [2.45, 2.75) is 41.5 Å². The van der Waals surface area contributed by atoms with Gasteiger partial charge in [0, 0.05) is 7.60 Å². The number of nitrogens with one attached hydrogen (secondary N) is 2. The van der Waals surface area contributed by atoms with E-state index >= 15 is 0 Å². The second-order valence-corrected chi connectivity index (χ2v) is 7.35. The van der Waals surface area contributed by atoms with Crippen LogP contribution >= 0.6 is 15.2 Å². The zero-order chi connectivity index (χ0) is 21.8. The Balaban J connectivity index is -0.000000124. The molecule has 0 aliphatic carbocycles. The minimum Gasteiger partial charge on any atom is -0.800 e. The lowest BCUT2D eigenvalue weighted by Crippen LogP contribution is -3.11. The van der Waals surface area contributed by atoms with E-state index in [0.29, 0.717) is 5.81 Å². The molecule has 0 aromatic rings. The third kappa shape index (κ3) is 38.6. The Morgan fingerprint density at radius 3 is 0.885 bits per heavy atom. The third-order valence-corrected chi connectivity index (χ3v) is 3.76. The highest BCUT2D eigenvalue weighted by atomic mass is 31.2. The molecule has 26 heavy (non-hydrogen) atoms. The summed E-state index contributed by atoms with van der Waals surface area (Å²) in [4.78, 5) is 36.7.